The van der Waals surface area contributed by atoms with E-state index in [0.29, 0.717) is 5.56 Å². The Morgan fingerprint density at radius 2 is 1.84 bits per heavy atom. The van der Waals surface area contributed by atoms with E-state index in [1.165, 1.54) is 19.3 Å². The van der Waals surface area contributed by atoms with Crippen LogP contribution >= 0.6 is 11.6 Å². The second-order valence-corrected chi connectivity index (χ2v) is 8.61. The summed E-state index contributed by atoms with van der Waals surface area (Å²) in [5.41, 5.74) is -2.64. The lowest BCUT2D eigenvalue weighted by molar-refractivity contribution is -0.132. The van der Waals surface area contributed by atoms with Crippen LogP contribution in [-0.2, 0) is 15.1 Å². The second kappa shape index (κ2) is 9.48. The molecule has 32 heavy (non-hydrogen) atoms. The van der Waals surface area contributed by atoms with Gasteiger partial charge in [0.1, 0.15) is 0 Å². The molecule has 1 N–H and O–H groups in total. The largest absolute Gasteiger partial charge is 0.351 e. The van der Waals surface area contributed by atoms with Crippen LogP contribution in [0.5, 0.6) is 0 Å². The fourth-order valence-corrected chi connectivity index (χ4v) is 4.02. The lowest BCUT2D eigenvalue weighted by Gasteiger charge is -2.41. The number of anilines is 1. The van der Waals surface area contributed by atoms with Crippen LogP contribution in [0.1, 0.15) is 43.7 Å². The van der Waals surface area contributed by atoms with Crippen LogP contribution < -0.4 is 10.2 Å². The van der Waals surface area contributed by atoms with Crippen LogP contribution in [0.15, 0.2) is 48.8 Å². The molecule has 1 aromatic heterocycles. The molecule has 1 fully saturated rings. The summed E-state index contributed by atoms with van der Waals surface area (Å²) in [7, 11) is 0. The molecule has 0 bridgehead atoms. The molecule has 1 heterocycles. The summed E-state index contributed by atoms with van der Waals surface area (Å²) in [6, 6.07) is 9.32. The molecule has 0 saturated heterocycles. The van der Waals surface area contributed by atoms with E-state index in [2.05, 4.69) is 10.3 Å². The first-order valence-corrected chi connectivity index (χ1v) is 10.8. The van der Waals surface area contributed by atoms with Crippen molar-refractivity contribution >= 4 is 29.1 Å². The minimum Gasteiger partial charge on any atom is -0.351 e. The van der Waals surface area contributed by atoms with Gasteiger partial charge in [0, 0.05) is 42.5 Å². The normalized spacial score (nSPS) is 18.9. The van der Waals surface area contributed by atoms with E-state index < -0.39 is 34.9 Å². The number of amides is 2. The average Bonchev–Trinajstić information content (AvgIpc) is 2.77. The highest BCUT2D eigenvalue weighted by Gasteiger charge is 2.48. The SMILES string of the molecule is Cc1ccc(N(C(=O)[C@H](F)Cl)[C@](C)(C(=O)NC2CCC(F)(F)CC2)c2cccnc2)cc1. The van der Waals surface area contributed by atoms with E-state index >= 15 is 0 Å². The molecule has 0 spiro atoms. The first kappa shape index (κ1) is 24.0. The third kappa shape index (κ3) is 5.06. The standard InChI is InChI=1S/C23H25ClF3N3O2/c1-15-5-7-18(8-6-15)30(20(31)19(24)25)22(2,16-4-3-13-28-14-16)21(32)29-17-9-11-23(26,27)12-10-17/h3-8,13-14,17,19H,9-12H2,1-2H3,(H,29,32)/t19-,22-/m0/s1. The summed E-state index contributed by atoms with van der Waals surface area (Å²) in [4.78, 5) is 31.6. The molecule has 0 unspecified atom stereocenters. The lowest BCUT2D eigenvalue weighted by atomic mass is 9.87. The molecular formula is C23H25ClF3N3O2. The van der Waals surface area contributed by atoms with Crippen molar-refractivity contribution in [1.82, 2.24) is 10.3 Å². The Morgan fingerprint density at radius 1 is 1.22 bits per heavy atom. The maximum atomic E-state index is 14.1. The second-order valence-electron chi connectivity index (χ2n) is 8.23. The number of pyridine rings is 1. The molecular weight excluding hydrogens is 443 g/mol. The molecule has 0 aliphatic heterocycles. The van der Waals surface area contributed by atoms with Crippen molar-refractivity contribution in [3.63, 3.8) is 0 Å². The zero-order chi connectivity index (χ0) is 23.5. The predicted octanol–water partition coefficient (Wildman–Crippen LogP) is 4.87. The van der Waals surface area contributed by atoms with Gasteiger partial charge in [-0.05, 0) is 44.9 Å². The van der Waals surface area contributed by atoms with Crippen molar-refractivity contribution in [1.29, 1.82) is 0 Å². The third-order valence-corrected chi connectivity index (χ3v) is 6.05. The Bertz CT molecular complexity index is 947. The number of alkyl halides is 4. The van der Waals surface area contributed by atoms with Crippen molar-refractivity contribution in [2.45, 2.75) is 62.7 Å². The van der Waals surface area contributed by atoms with Gasteiger partial charge in [-0.1, -0.05) is 35.4 Å². The highest BCUT2D eigenvalue weighted by Crippen LogP contribution is 2.37. The Hall–Kier alpha value is -2.61. The topological polar surface area (TPSA) is 62.3 Å². The molecule has 1 saturated carbocycles. The number of benzene rings is 1. The molecule has 2 amide bonds. The van der Waals surface area contributed by atoms with Gasteiger partial charge in [0.2, 0.25) is 5.92 Å². The lowest BCUT2D eigenvalue weighted by Crippen LogP contribution is -2.60. The molecule has 5 nitrogen and oxygen atoms in total. The van der Waals surface area contributed by atoms with E-state index in [0.717, 1.165) is 10.5 Å². The van der Waals surface area contributed by atoms with Gasteiger partial charge < -0.3 is 5.32 Å². The zero-order valence-corrected chi connectivity index (χ0v) is 18.6. The summed E-state index contributed by atoms with van der Waals surface area (Å²) in [6.45, 7) is 3.31. The molecule has 9 heteroatoms. The molecule has 1 aliphatic rings. The van der Waals surface area contributed by atoms with Crippen molar-refractivity contribution in [2.75, 3.05) is 4.90 Å². The van der Waals surface area contributed by atoms with Crippen LogP contribution in [0, 0.1) is 6.92 Å². The van der Waals surface area contributed by atoms with Crippen molar-refractivity contribution < 1.29 is 22.8 Å². The van der Waals surface area contributed by atoms with E-state index in [1.54, 1.807) is 36.4 Å². The van der Waals surface area contributed by atoms with Crippen LogP contribution in [-0.4, -0.2) is 34.4 Å². The van der Waals surface area contributed by atoms with E-state index in [9.17, 15) is 22.8 Å². The van der Waals surface area contributed by atoms with Gasteiger partial charge in [-0.2, -0.15) is 0 Å². The van der Waals surface area contributed by atoms with Crippen molar-refractivity contribution in [2.24, 2.45) is 0 Å². The number of carbonyl (C=O) groups is 2. The van der Waals surface area contributed by atoms with Gasteiger partial charge in [-0.15, -0.1) is 0 Å². The first-order valence-electron chi connectivity index (χ1n) is 10.3. The Labute approximate surface area is 190 Å². The number of nitrogens with zero attached hydrogens (tertiary/aromatic N) is 2. The first-order chi connectivity index (χ1) is 15.0. The number of nitrogens with one attached hydrogen (secondary N) is 1. The smallest absolute Gasteiger partial charge is 0.278 e. The van der Waals surface area contributed by atoms with Gasteiger partial charge in [-0.3, -0.25) is 19.5 Å². The number of hydrogen-bond donors (Lipinski definition) is 1. The average molecular weight is 468 g/mol. The summed E-state index contributed by atoms with van der Waals surface area (Å²) in [5, 5.41) is 2.79. The summed E-state index contributed by atoms with van der Waals surface area (Å²) >= 11 is 5.54. The molecule has 0 radical (unpaired) electrons. The van der Waals surface area contributed by atoms with Gasteiger partial charge in [0.05, 0.1) is 0 Å². The van der Waals surface area contributed by atoms with E-state index in [1.807, 2.05) is 6.92 Å². The van der Waals surface area contributed by atoms with Crippen molar-refractivity contribution in [3.05, 3.63) is 59.9 Å². The monoisotopic (exact) mass is 467 g/mol. The molecule has 1 aromatic carbocycles. The molecule has 2 aromatic rings. The van der Waals surface area contributed by atoms with E-state index in [-0.39, 0.29) is 31.4 Å². The Balaban J connectivity index is 2.05. The molecule has 2 atom stereocenters. The highest BCUT2D eigenvalue weighted by atomic mass is 35.5. The minimum absolute atomic E-state index is 0.0988. The number of carbonyl (C=O) groups excluding carboxylic acids is 2. The highest BCUT2D eigenvalue weighted by molar-refractivity contribution is 6.32. The number of aryl methyl sites for hydroxylation is 1. The van der Waals surface area contributed by atoms with Gasteiger partial charge in [0.25, 0.3) is 17.4 Å². The molecule has 172 valence electrons. The fraction of sp³-hybridized carbons (Fsp3) is 0.435. The van der Waals surface area contributed by atoms with Crippen LogP contribution in [0.4, 0.5) is 18.9 Å². The van der Waals surface area contributed by atoms with Crippen LogP contribution in [0.3, 0.4) is 0 Å². The maximum absolute atomic E-state index is 14.1. The minimum atomic E-state index is -2.75. The third-order valence-electron chi connectivity index (χ3n) is 5.86. The van der Waals surface area contributed by atoms with Crippen molar-refractivity contribution in [3.8, 4) is 0 Å². The summed E-state index contributed by atoms with van der Waals surface area (Å²) in [5.74, 6) is -4.50. The number of hydrogen-bond acceptors (Lipinski definition) is 3. The number of aromatic nitrogens is 1. The summed E-state index contributed by atoms with van der Waals surface area (Å²) in [6.07, 6.45) is 2.43. The quantitative estimate of drug-likeness (QED) is 0.617. The zero-order valence-electron chi connectivity index (χ0n) is 17.8. The van der Waals surface area contributed by atoms with Crippen LogP contribution in [0.2, 0.25) is 0 Å². The predicted molar refractivity (Wildman–Crippen MR) is 116 cm³/mol. The Kier molecular flexibility index (Phi) is 7.12. The van der Waals surface area contributed by atoms with Gasteiger partial charge in [-0.25, -0.2) is 13.2 Å². The number of halogens is 4. The molecule has 1 aliphatic carbocycles. The van der Waals surface area contributed by atoms with Gasteiger partial charge in [0.15, 0.2) is 5.54 Å². The van der Waals surface area contributed by atoms with E-state index in [4.69, 9.17) is 11.6 Å². The molecule has 3 rings (SSSR count). The number of rotatable bonds is 6. The fourth-order valence-electron chi connectivity index (χ4n) is 3.92. The Morgan fingerprint density at radius 3 is 2.38 bits per heavy atom. The summed E-state index contributed by atoms with van der Waals surface area (Å²) < 4.78 is 41.2. The van der Waals surface area contributed by atoms with Crippen LogP contribution in [0.25, 0.3) is 0 Å². The maximum Gasteiger partial charge on any atom is 0.278 e. The van der Waals surface area contributed by atoms with Gasteiger partial charge >= 0.3 is 0 Å².